The van der Waals surface area contributed by atoms with Crippen LogP contribution in [-0.2, 0) is 19.2 Å². The van der Waals surface area contributed by atoms with E-state index in [4.69, 9.17) is 14.2 Å². The summed E-state index contributed by atoms with van der Waals surface area (Å²) in [5.41, 5.74) is 4.49. The highest BCUT2D eigenvalue weighted by atomic mass is 32.2. The number of rotatable bonds is 6. The van der Waals surface area contributed by atoms with E-state index in [1.165, 1.54) is 6.07 Å². The number of aromatic amines is 1. The van der Waals surface area contributed by atoms with Crippen molar-refractivity contribution in [3.63, 3.8) is 0 Å². The zero-order valence-electron chi connectivity index (χ0n) is 22.6. The van der Waals surface area contributed by atoms with Crippen molar-refractivity contribution in [1.29, 1.82) is 0 Å². The van der Waals surface area contributed by atoms with Crippen LogP contribution in [0.4, 0.5) is 10.1 Å². The lowest BCUT2D eigenvalue weighted by Crippen LogP contribution is -2.34. The molecule has 0 bridgehead atoms. The number of hydrogen-bond acceptors (Lipinski definition) is 7. The van der Waals surface area contributed by atoms with E-state index in [1.807, 2.05) is 78.9 Å². The number of H-pyrrole nitrogens is 1. The molecule has 2 aliphatic heterocycles. The van der Waals surface area contributed by atoms with Gasteiger partial charge in [-0.1, -0.05) is 54.6 Å². The highest BCUT2D eigenvalue weighted by Gasteiger charge is 2.48. The molecule has 1 unspecified atom stereocenters. The van der Waals surface area contributed by atoms with Gasteiger partial charge >= 0.3 is 0 Å². The van der Waals surface area contributed by atoms with E-state index in [9.17, 15) is 9.32 Å². The minimum atomic E-state index is -2.55. The number of nitrogens with zero attached hydrogens (tertiary/aromatic N) is 2. The first-order valence-corrected chi connectivity index (χ1v) is 15.5. The van der Waals surface area contributed by atoms with Crippen LogP contribution in [0.25, 0.3) is 33.4 Å². The van der Waals surface area contributed by atoms with Crippen molar-refractivity contribution >= 4 is 26.4 Å². The Hall–Kier alpha value is -4.09. The summed E-state index contributed by atoms with van der Waals surface area (Å²) < 4.78 is 50.0. The Morgan fingerprint density at radius 1 is 0.929 bits per heavy atom. The standard InChI is InChI=1S/C32H28FN3O5S/c1-42(38,23-5-3-2-4-6-23)36-22-13-11-20(12-14-22)19-7-9-21(10-8-19)30-24(33)15-25-26(35-30)16-29(34-25)41-28-18-40-31-27(37)17-39-32(28)31/h2-16,27-28,31-32,34,37H,17-18H2,1H3/t27-,28-,31-,32-,42?/m1/s1. The minimum absolute atomic E-state index is 0.217. The molecule has 0 radical (unpaired) electrons. The first-order chi connectivity index (χ1) is 20.3. The zero-order chi connectivity index (χ0) is 28.8. The average molecular weight is 586 g/mol. The van der Waals surface area contributed by atoms with E-state index in [2.05, 4.69) is 14.3 Å². The molecular formula is C32H28FN3O5S. The van der Waals surface area contributed by atoms with Crippen molar-refractivity contribution in [3.8, 4) is 28.3 Å². The predicted molar refractivity (Wildman–Crippen MR) is 158 cm³/mol. The molecule has 0 aliphatic carbocycles. The van der Waals surface area contributed by atoms with Crippen LogP contribution in [0.5, 0.6) is 5.88 Å². The molecule has 2 aromatic heterocycles. The summed E-state index contributed by atoms with van der Waals surface area (Å²) >= 11 is 0. The Morgan fingerprint density at radius 2 is 1.60 bits per heavy atom. The lowest BCUT2D eigenvalue weighted by Gasteiger charge is -2.16. The van der Waals surface area contributed by atoms with Gasteiger partial charge < -0.3 is 24.3 Å². The highest BCUT2D eigenvalue weighted by Crippen LogP contribution is 2.33. The Labute approximate surface area is 242 Å². The van der Waals surface area contributed by atoms with Gasteiger partial charge in [-0.2, -0.15) is 4.36 Å². The number of ether oxygens (including phenoxy) is 3. The number of fused-ring (bicyclic) bond motifs is 2. The van der Waals surface area contributed by atoms with Crippen LogP contribution >= 0.6 is 0 Å². The number of halogens is 1. The molecule has 2 N–H and O–H groups in total. The van der Waals surface area contributed by atoms with E-state index in [0.717, 1.165) is 11.1 Å². The van der Waals surface area contributed by atoms with E-state index in [0.29, 0.717) is 39.7 Å². The summed E-state index contributed by atoms with van der Waals surface area (Å²) in [5, 5.41) is 9.95. The quantitative estimate of drug-likeness (QED) is 0.264. The van der Waals surface area contributed by atoms with E-state index in [1.54, 1.807) is 12.3 Å². The molecule has 5 atom stereocenters. The van der Waals surface area contributed by atoms with Gasteiger partial charge in [-0.05, 0) is 35.4 Å². The van der Waals surface area contributed by atoms with Crippen LogP contribution in [0.2, 0.25) is 0 Å². The molecule has 4 heterocycles. The average Bonchev–Trinajstić information content (AvgIpc) is 3.70. The number of nitrogens with one attached hydrogen (secondary N) is 1. The number of aliphatic hydroxyl groups excluding tert-OH is 1. The smallest absolute Gasteiger partial charge is 0.193 e. The normalized spacial score (nSPS) is 23.0. The summed E-state index contributed by atoms with van der Waals surface area (Å²) in [6.45, 7) is 0.514. The Morgan fingerprint density at radius 3 is 2.33 bits per heavy atom. The van der Waals surface area contributed by atoms with Crippen LogP contribution in [0, 0.1) is 5.82 Å². The van der Waals surface area contributed by atoms with E-state index in [-0.39, 0.29) is 24.5 Å². The van der Waals surface area contributed by atoms with Crippen molar-refractivity contribution < 1.29 is 27.9 Å². The third-order valence-electron chi connectivity index (χ3n) is 7.61. The number of hydrogen-bond donors (Lipinski definition) is 2. The Kier molecular flexibility index (Phi) is 6.78. The third kappa shape index (κ3) is 5.07. The van der Waals surface area contributed by atoms with Gasteiger partial charge in [0.25, 0.3) is 0 Å². The molecule has 10 heteroatoms. The molecule has 0 saturated carbocycles. The molecule has 5 aromatic rings. The minimum Gasteiger partial charge on any atom is -0.470 e. The zero-order valence-corrected chi connectivity index (χ0v) is 23.5. The molecule has 0 amide bonds. The van der Waals surface area contributed by atoms with Crippen molar-refractivity contribution in [2.45, 2.75) is 29.3 Å². The van der Waals surface area contributed by atoms with E-state index >= 15 is 4.39 Å². The van der Waals surface area contributed by atoms with Gasteiger partial charge in [0.1, 0.15) is 24.0 Å². The molecule has 214 valence electrons. The molecule has 8 nitrogen and oxygen atoms in total. The van der Waals surface area contributed by atoms with Gasteiger partial charge in [0.15, 0.2) is 17.8 Å². The molecule has 2 saturated heterocycles. The molecule has 7 rings (SSSR count). The molecule has 0 spiro atoms. The summed E-state index contributed by atoms with van der Waals surface area (Å²) in [5.74, 6) is -0.0239. The number of pyridine rings is 1. The van der Waals surface area contributed by atoms with Crippen molar-refractivity contribution in [1.82, 2.24) is 9.97 Å². The van der Waals surface area contributed by atoms with Crippen LogP contribution in [0.1, 0.15) is 0 Å². The number of aromatic nitrogens is 2. The summed E-state index contributed by atoms with van der Waals surface area (Å²) in [7, 11) is -2.55. The maximum Gasteiger partial charge on any atom is 0.193 e. The van der Waals surface area contributed by atoms with Gasteiger partial charge in [-0.25, -0.2) is 13.6 Å². The lowest BCUT2D eigenvalue weighted by atomic mass is 10.0. The first kappa shape index (κ1) is 26.8. The monoisotopic (exact) mass is 585 g/mol. The summed E-state index contributed by atoms with van der Waals surface area (Å²) in [6.07, 6.45) is -0.150. The second-order valence-electron chi connectivity index (χ2n) is 10.5. The van der Waals surface area contributed by atoms with Crippen LogP contribution in [0.15, 0.2) is 100 Å². The third-order valence-corrected chi connectivity index (χ3v) is 9.32. The van der Waals surface area contributed by atoms with Gasteiger partial charge in [-0.15, -0.1) is 0 Å². The fourth-order valence-corrected chi connectivity index (χ4v) is 6.73. The fourth-order valence-electron chi connectivity index (χ4n) is 5.44. The van der Waals surface area contributed by atoms with Crippen molar-refractivity contribution in [2.24, 2.45) is 4.36 Å². The summed E-state index contributed by atoms with van der Waals surface area (Å²) in [6, 6.07) is 27.4. The second kappa shape index (κ2) is 10.6. The van der Waals surface area contributed by atoms with Gasteiger partial charge in [0.2, 0.25) is 0 Å². The Balaban J connectivity index is 1.09. The lowest BCUT2D eigenvalue weighted by molar-refractivity contribution is 0.00794. The SMILES string of the molecule is CS(=O)(=Nc1ccc(-c2ccc(-c3nc4cc(O[C@@H]5CO[C@H]6[C@@H]5OC[C@H]6O)[nH]c4cc3F)cc2)cc1)c1ccccc1. The summed E-state index contributed by atoms with van der Waals surface area (Å²) in [4.78, 5) is 8.32. The number of benzene rings is 3. The second-order valence-corrected chi connectivity index (χ2v) is 12.8. The molecule has 2 aliphatic rings. The Bertz CT molecular complexity index is 1870. The molecular weight excluding hydrogens is 557 g/mol. The molecule has 2 fully saturated rings. The molecule has 42 heavy (non-hydrogen) atoms. The van der Waals surface area contributed by atoms with Gasteiger partial charge in [-0.3, -0.25) is 0 Å². The van der Waals surface area contributed by atoms with Gasteiger partial charge in [0.05, 0.1) is 39.7 Å². The largest absolute Gasteiger partial charge is 0.470 e. The highest BCUT2D eigenvalue weighted by molar-refractivity contribution is 7.93. The van der Waals surface area contributed by atoms with Crippen LogP contribution < -0.4 is 4.74 Å². The van der Waals surface area contributed by atoms with Crippen molar-refractivity contribution in [2.75, 3.05) is 19.5 Å². The maximum absolute atomic E-state index is 15.1. The number of aliphatic hydroxyl groups is 1. The molecule has 3 aromatic carbocycles. The topological polar surface area (TPSA) is 106 Å². The van der Waals surface area contributed by atoms with Gasteiger partial charge in [0, 0.05) is 28.8 Å². The predicted octanol–water partition coefficient (Wildman–Crippen LogP) is 5.73. The maximum atomic E-state index is 15.1. The van der Waals surface area contributed by atoms with E-state index < -0.39 is 27.8 Å². The fraction of sp³-hybridized carbons (Fsp3) is 0.219. The first-order valence-electron chi connectivity index (χ1n) is 13.6. The van der Waals surface area contributed by atoms with Crippen LogP contribution in [0.3, 0.4) is 0 Å². The van der Waals surface area contributed by atoms with Crippen LogP contribution in [-0.4, -0.2) is 63.2 Å². The van der Waals surface area contributed by atoms with Crippen molar-refractivity contribution in [3.05, 3.63) is 96.8 Å².